The monoisotopic (exact) mass is 297 g/mol. The molecule has 1 aromatic heterocycles. The lowest BCUT2D eigenvalue weighted by molar-refractivity contribution is 0.175. The second-order valence-electron chi connectivity index (χ2n) is 5.82. The zero-order chi connectivity index (χ0) is 15.4. The fourth-order valence-electron chi connectivity index (χ4n) is 3.02. The maximum Gasteiger partial charge on any atom is 0.216 e. The van der Waals surface area contributed by atoms with Crippen LogP contribution in [0.5, 0.6) is 5.88 Å². The predicted octanol–water partition coefficient (Wildman–Crippen LogP) is 3.70. The van der Waals surface area contributed by atoms with Gasteiger partial charge in [0.05, 0.1) is 7.11 Å². The van der Waals surface area contributed by atoms with Crippen molar-refractivity contribution in [2.24, 2.45) is 0 Å². The number of likely N-dealkylation sites (tertiary alicyclic amines) is 1. The van der Waals surface area contributed by atoms with Gasteiger partial charge in [0.15, 0.2) is 5.82 Å². The number of rotatable bonds is 4. The zero-order valence-corrected chi connectivity index (χ0v) is 13.3. The molecule has 1 saturated heterocycles. The van der Waals surface area contributed by atoms with Crippen molar-refractivity contribution in [1.29, 1.82) is 0 Å². The van der Waals surface area contributed by atoms with Gasteiger partial charge in [0.1, 0.15) is 0 Å². The summed E-state index contributed by atoms with van der Waals surface area (Å²) in [6.45, 7) is 4.71. The highest BCUT2D eigenvalue weighted by atomic mass is 16.5. The van der Waals surface area contributed by atoms with Gasteiger partial charge in [-0.25, -0.2) is 4.98 Å². The topological polar surface area (TPSA) is 38.2 Å². The largest absolute Gasteiger partial charge is 0.481 e. The van der Waals surface area contributed by atoms with E-state index in [1.807, 2.05) is 0 Å². The molecule has 0 unspecified atom stereocenters. The van der Waals surface area contributed by atoms with Gasteiger partial charge in [-0.1, -0.05) is 30.7 Å². The number of methoxy groups -OCH3 is 1. The van der Waals surface area contributed by atoms with Crippen molar-refractivity contribution in [2.75, 3.05) is 20.2 Å². The standard InChI is InChI=1S/C18H23N3O/c1-14(21-12-4-3-5-13-21)15-6-8-16(9-7-15)18-19-11-10-17(20-18)22-2/h6-11,14H,3-5,12-13H2,1-2H3/t14-/m0/s1. The van der Waals surface area contributed by atoms with E-state index in [-0.39, 0.29) is 0 Å². The average Bonchev–Trinajstić information content (AvgIpc) is 2.62. The van der Waals surface area contributed by atoms with Crippen LogP contribution < -0.4 is 4.74 Å². The minimum absolute atomic E-state index is 0.473. The van der Waals surface area contributed by atoms with Crippen LogP contribution in [0, 0.1) is 0 Å². The number of benzene rings is 1. The molecule has 116 valence electrons. The maximum atomic E-state index is 5.16. The molecular formula is C18H23N3O. The molecule has 0 saturated carbocycles. The third-order valence-electron chi connectivity index (χ3n) is 4.43. The summed E-state index contributed by atoms with van der Waals surface area (Å²) in [5.74, 6) is 1.30. The van der Waals surface area contributed by atoms with Crippen LogP contribution in [0.25, 0.3) is 11.4 Å². The predicted molar refractivity (Wildman–Crippen MR) is 87.9 cm³/mol. The highest BCUT2D eigenvalue weighted by Crippen LogP contribution is 2.26. The van der Waals surface area contributed by atoms with E-state index in [4.69, 9.17) is 4.74 Å². The number of nitrogens with zero attached hydrogens (tertiary/aromatic N) is 3. The molecule has 1 aromatic carbocycles. The maximum absolute atomic E-state index is 5.16. The fourth-order valence-corrected chi connectivity index (χ4v) is 3.02. The van der Waals surface area contributed by atoms with Crippen molar-refractivity contribution in [3.05, 3.63) is 42.1 Å². The highest BCUT2D eigenvalue weighted by molar-refractivity contribution is 5.55. The minimum atomic E-state index is 0.473. The van der Waals surface area contributed by atoms with Crippen molar-refractivity contribution in [1.82, 2.24) is 14.9 Å². The van der Waals surface area contributed by atoms with E-state index in [0.717, 1.165) is 5.56 Å². The first kappa shape index (κ1) is 15.0. The van der Waals surface area contributed by atoms with Gasteiger partial charge in [-0.05, 0) is 38.4 Å². The van der Waals surface area contributed by atoms with E-state index < -0.39 is 0 Å². The molecule has 0 aliphatic carbocycles. The van der Waals surface area contributed by atoms with Crippen LogP contribution in [0.4, 0.5) is 0 Å². The molecule has 2 aromatic rings. The van der Waals surface area contributed by atoms with Crippen molar-refractivity contribution < 1.29 is 4.74 Å². The quantitative estimate of drug-likeness (QED) is 0.862. The Kier molecular flexibility index (Phi) is 4.68. The van der Waals surface area contributed by atoms with Crippen molar-refractivity contribution in [2.45, 2.75) is 32.2 Å². The van der Waals surface area contributed by atoms with E-state index in [1.54, 1.807) is 19.4 Å². The first-order valence-electron chi connectivity index (χ1n) is 7.99. The van der Waals surface area contributed by atoms with Crippen LogP contribution in [-0.2, 0) is 0 Å². The number of hydrogen-bond acceptors (Lipinski definition) is 4. The summed E-state index contributed by atoms with van der Waals surface area (Å²) in [5.41, 5.74) is 2.38. The van der Waals surface area contributed by atoms with Gasteiger partial charge in [0.2, 0.25) is 5.88 Å². The van der Waals surface area contributed by atoms with E-state index in [1.165, 1.54) is 37.9 Å². The van der Waals surface area contributed by atoms with Gasteiger partial charge in [-0.2, -0.15) is 4.98 Å². The average molecular weight is 297 g/mol. The minimum Gasteiger partial charge on any atom is -0.481 e. The number of piperidine rings is 1. The van der Waals surface area contributed by atoms with Gasteiger partial charge in [-0.3, -0.25) is 4.90 Å². The van der Waals surface area contributed by atoms with Crippen molar-refractivity contribution >= 4 is 0 Å². The molecule has 1 aliphatic rings. The molecular weight excluding hydrogens is 274 g/mol. The summed E-state index contributed by atoms with van der Waals surface area (Å²) in [4.78, 5) is 11.3. The zero-order valence-electron chi connectivity index (χ0n) is 13.3. The molecule has 2 heterocycles. The molecule has 0 bridgehead atoms. The van der Waals surface area contributed by atoms with Crippen LogP contribution in [0.2, 0.25) is 0 Å². The molecule has 22 heavy (non-hydrogen) atoms. The van der Waals surface area contributed by atoms with Crippen LogP contribution >= 0.6 is 0 Å². The molecule has 4 nitrogen and oxygen atoms in total. The van der Waals surface area contributed by atoms with Crippen LogP contribution in [0.15, 0.2) is 36.5 Å². The summed E-state index contributed by atoms with van der Waals surface area (Å²) in [7, 11) is 1.62. The Morgan fingerprint density at radius 3 is 2.45 bits per heavy atom. The highest BCUT2D eigenvalue weighted by Gasteiger charge is 2.18. The number of ether oxygens (including phenoxy) is 1. The molecule has 0 amide bonds. The molecule has 1 aliphatic heterocycles. The lowest BCUT2D eigenvalue weighted by Gasteiger charge is -2.32. The smallest absolute Gasteiger partial charge is 0.216 e. The first-order valence-corrected chi connectivity index (χ1v) is 7.99. The Labute approximate surface area is 132 Å². The van der Waals surface area contributed by atoms with Gasteiger partial charge in [0, 0.05) is 23.9 Å². The Hall–Kier alpha value is -1.94. The van der Waals surface area contributed by atoms with Crippen LogP contribution in [-0.4, -0.2) is 35.1 Å². The van der Waals surface area contributed by atoms with Crippen molar-refractivity contribution in [3.63, 3.8) is 0 Å². The van der Waals surface area contributed by atoms with Crippen molar-refractivity contribution in [3.8, 4) is 17.3 Å². The molecule has 1 atom stereocenters. The SMILES string of the molecule is COc1ccnc(-c2ccc([C@H](C)N3CCCCC3)cc2)n1. The Balaban J connectivity index is 1.76. The number of hydrogen-bond donors (Lipinski definition) is 0. The Morgan fingerprint density at radius 2 is 1.77 bits per heavy atom. The van der Waals surface area contributed by atoms with E-state index in [9.17, 15) is 0 Å². The molecule has 0 N–H and O–H groups in total. The van der Waals surface area contributed by atoms with Crippen LogP contribution in [0.3, 0.4) is 0 Å². The Morgan fingerprint density at radius 1 is 1.05 bits per heavy atom. The van der Waals surface area contributed by atoms with Gasteiger partial charge in [-0.15, -0.1) is 0 Å². The third-order valence-corrected chi connectivity index (χ3v) is 4.43. The van der Waals surface area contributed by atoms with Gasteiger partial charge < -0.3 is 4.74 Å². The molecule has 0 radical (unpaired) electrons. The summed E-state index contributed by atoms with van der Waals surface area (Å²) in [6.07, 6.45) is 5.74. The number of aromatic nitrogens is 2. The summed E-state index contributed by atoms with van der Waals surface area (Å²) in [6, 6.07) is 10.8. The third kappa shape index (κ3) is 3.28. The lowest BCUT2D eigenvalue weighted by atomic mass is 10.0. The van der Waals surface area contributed by atoms with Gasteiger partial charge >= 0.3 is 0 Å². The van der Waals surface area contributed by atoms with Gasteiger partial charge in [0.25, 0.3) is 0 Å². The lowest BCUT2D eigenvalue weighted by Crippen LogP contribution is -2.32. The molecule has 4 heteroatoms. The summed E-state index contributed by atoms with van der Waals surface area (Å²) >= 11 is 0. The van der Waals surface area contributed by atoms with E-state index in [2.05, 4.69) is 46.1 Å². The first-order chi connectivity index (χ1) is 10.8. The normalized spacial score (nSPS) is 17.2. The fraction of sp³-hybridized carbons (Fsp3) is 0.444. The second kappa shape index (κ2) is 6.88. The Bertz CT molecular complexity index is 606. The van der Waals surface area contributed by atoms with Crippen LogP contribution in [0.1, 0.15) is 37.8 Å². The second-order valence-corrected chi connectivity index (χ2v) is 5.82. The molecule has 0 spiro atoms. The molecule has 3 rings (SSSR count). The summed E-state index contributed by atoms with van der Waals surface area (Å²) in [5, 5.41) is 0. The van der Waals surface area contributed by atoms with E-state index in [0.29, 0.717) is 17.7 Å². The van der Waals surface area contributed by atoms with E-state index >= 15 is 0 Å². The molecule has 1 fully saturated rings. The summed E-state index contributed by atoms with van der Waals surface area (Å²) < 4.78 is 5.16.